The zero-order valence-electron chi connectivity index (χ0n) is 11.7. The van der Waals surface area contributed by atoms with Gasteiger partial charge in [0.05, 0.1) is 0 Å². The lowest BCUT2D eigenvalue weighted by Crippen LogP contribution is -2.29. The summed E-state index contributed by atoms with van der Waals surface area (Å²) in [4.78, 5) is 0. The van der Waals surface area contributed by atoms with Gasteiger partial charge in [0.2, 0.25) is 0 Å². The molecule has 1 nitrogen and oxygen atoms in total. The van der Waals surface area contributed by atoms with Crippen LogP contribution >= 0.6 is 0 Å². The Bertz CT molecular complexity index is 312. The lowest BCUT2D eigenvalue weighted by molar-refractivity contribution is 0.446. The Labute approximate surface area is 112 Å². The van der Waals surface area contributed by atoms with Crippen LogP contribution in [-0.2, 0) is 0 Å². The maximum Gasteiger partial charge on any atom is 0.00670 e. The zero-order valence-corrected chi connectivity index (χ0v) is 11.7. The molecule has 0 saturated heterocycles. The van der Waals surface area contributed by atoms with Crippen molar-refractivity contribution >= 4 is 0 Å². The molecule has 2 rings (SSSR count). The highest BCUT2D eigenvalue weighted by molar-refractivity contribution is 5.18. The largest absolute Gasteiger partial charge is 0.314 e. The van der Waals surface area contributed by atoms with E-state index < -0.39 is 0 Å². The van der Waals surface area contributed by atoms with Crippen molar-refractivity contribution in [3.05, 3.63) is 35.9 Å². The second-order valence-electron chi connectivity index (χ2n) is 5.74. The third-order valence-electron chi connectivity index (χ3n) is 4.23. The first kappa shape index (κ1) is 13.6. The van der Waals surface area contributed by atoms with E-state index in [4.69, 9.17) is 0 Å². The van der Waals surface area contributed by atoms with E-state index in [1.165, 1.54) is 57.1 Å². The first-order chi connectivity index (χ1) is 8.86. The Morgan fingerprint density at radius 3 is 2.39 bits per heavy atom. The highest BCUT2D eigenvalue weighted by Crippen LogP contribution is 2.19. The van der Waals surface area contributed by atoms with E-state index in [9.17, 15) is 0 Å². The molecule has 18 heavy (non-hydrogen) atoms. The molecule has 1 aromatic rings. The molecule has 1 aromatic carbocycles. The summed E-state index contributed by atoms with van der Waals surface area (Å²) in [7, 11) is 0. The van der Waals surface area contributed by atoms with E-state index in [2.05, 4.69) is 42.6 Å². The molecule has 1 N–H and O–H groups in total. The second-order valence-corrected chi connectivity index (χ2v) is 5.74. The molecule has 0 heterocycles. The van der Waals surface area contributed by atoms with Crippen molar-refractivity contribution in [2.24, 2.45) is 0 Å². The van der Waals surface area contributed by atoms with E-state index in [1.54, 1.807) is 0 Å². The fourth-order valence-electron chi connectivity index (χ4n) is 2.94. The lowest BCUT2D eigenvalue weighted by Gasteiger charge is -2.18. The summed E-state index contributed by atoms with van der Waals surface area (Å²) in [6, 6.07) is 11.7. The third kappa shape index (κ3) is 4.45. The van der Waals surface area contributed by atoms with Crippen molar-refractivity contribution in [2.45, 2.75) is 63.8 Å². The molecule has 0 aliphatic heterocycles. The summed E-state index contributed by atoms with van der Waals surface area (Å²) in [6.45, 7) is 3.50. The van der Waals surface area contributed by atoms with Gasteiger partial charge in [0.1, 0.15) is 0 Å². The van der Waals surface area contributed by atoms with Gasteiger partial charge in [-0.1, -0.05) is 62.9 Å². The topological polar surface area (TPSA) is 12.0 Å². The Kier molecular flexibility index (Phi) is 5.73. The predicted octanol–water partition coefficient (Wildman–Crippen LogP) is 4.49. The molecule has 1 aliphatic carbocycles. The van der Waals surface area contributed by atoms with Gasteiger partial charge < -0.3 is 5.32 Å². The van der Waals surface area contributed by atoms with E-state index in [0.29, 0.717) is 5.92 Å². The Balaban J connectivity index is 1.68. The summed E-state index contributed by atoms with van der Waals surface area (Å²) in [5, 5.41) is 3.76. The van der Waals surface area contributed by atoms with Crippen LogP contribution in [0.2, 0.25) is 0 Å². The van der Waals surface area contributed by atoms with Gasteiger partial charge in [-0.2, -0.15) is 0 Å². The molecular formula is C17H27N. The molecule has 100 valence electrons. The van der Waals surface area contributed by atoms with Gasteiger partial charge in [-0.15, -0.1) is 0 Å². The summed E-state index contributed by atoms with van der Waals surface area (Å²) in [5.41, 5.74) is 1.47. The van der Waals surface area contributed by atoms with Crippen LogP contribution in [0.3, 0.4) is 0 Å². The third-order valence-corrected chi connectivity index (χ3v) is 4.23. The van der Waals surface area contributed by atoms with Crippen LogP contribution in [-0.4, -0.2) is 12.6 Å². The minimum Gasteiger partial charge on any atom is -0.314 e. The molecule has 1 saturated carbocycles. The number of hydrogen-bond donors (Lipinski definition) is 1. The summed E-state index contributed by atoms with van der Waals surface area (Å²) in [6.07, 6.45) is 9.76. The molecule has 0 spiro atoms. The Morgan fingerprint density at radius 1 is 1.06 bits per heavy atom. The highest BCUT2D eigenvalue weighted by Gasteiger charge is 2.12. The van der Waals surface area contributed by atoms with Crippen molar-refractivity contribution in [3.8, 4) is 0 Å². The van der Waals surface area contributed by atoms with Crippen LogP contribution in [0.25, 0.3) is 0 Å². The van der Waals surface area contributed by atoms with Crippen LogP contribution < -0.4 is 5.32 Å². The lowest BCUT2D eigenvalue weighted by atomic mass is 9.97. The quantitative estimate of drug-likeness (QED) is 0.754. The molecule has 1 unspecified atom stereocenters. The smallest absolute Gasteiger partial charge is 0.00670 e. The normalized spacial score (nSPS) is 19.4. The molecule has 1 fully saturated rings. The predicted molar refractivity (Wildman–Crippen MR) is 79.0 cm³/mol. The molecule has 1 atom stereocenters. The molecule has 1 aliphatic rings. The van der Waals surface area contributed by atoms with E-state index in [-0.39, 0.29) is 0 Å². The minimum absolute atomic E-state index is 0.671. The second kappa shape index (κ2) is 7.58. The molecule has 1 heteroatoms. The van der Waals surface area contributed by atoms with Crippen LogP contribution in [0.1, 0.15) is 63.4 Å². The van der Waals surface area contributed by atoms with Crippen molar-refractivity contribution in [1.82, 2.24) is 5.32 Å². The van der Waals surface area contributed by atoms with Crippen molar-refractivity contribution in [3.63, 3.8) is 0 Å². The van der Waals surface area contributed by atoms with Crippen molar-refractivity contribution < 1.29 is 0 Å². The van der Waals surface area contributed by atoms with E-state index in [1.807, 2.05) is 0 Å². The summed E-state index contributed by atoms with van der Waals surface area (Å²) in [5.74, 6) is 0.671. The standard InChI is InChI=1S/C17H27N/c1-15(16-9-5-4-6-10-16)13-14-18-17-11-7-2-3-8-12-17/h4-6,9-10,15,17-18H,2-3,7-8,11-14H2,1H3. The van der Waals surface area contributed by atoms with E-state index in [0.717, 1.165) is 6.04 Å². The van der Waals surface area contributed by atoms with E-state index >= 15 is 0 Å². The van der Waals surface area contributed by atoms with Crippen LogP contribution in [0, 0.1) is 0 Å². The van der Waals surface area contributed by atoms with Gasteiger partial charge in [-0.25, -0.2) is 0 Å². The minimum atomic E-state index is 0.671. The van der Waals surface area contributed by atoms with Crippen molar-refractivity contribution in [2.75, 3.05) is 6.54 Å². The number of hydrogen-bond acceptors (Lipinski definition) is 1. The van der Waals surface area contributed by atoms with Crippen LogP contribution in [0.4, 0.5) is 0 Å². The SMILES string of the molecule is CC(CCNC1CCCCCC1)c1ccccc1. The number of nitrogens with one attached hydrogen (secondary N) is 1. The fourth-order valence-corrected chi connectivity index (χ4v) is 2.94. The van der Waals surface area contributed by atoms with Gasteiger partial charge in [0.25, 0.3) is 0 Å². The first-order valence-electron chi connectivity index (χ1n) is 7.64. The summed E-state index contributed by atoms with van der Waals surface area (Å²) < 4.78 is 0. The zero-order chi connectivity index (χ0) is 12.6. The first-order valence-corrected chi connectivity index (χ1v) is 7.64. The molecule has 0 aromatic heterocycles. The number of benzene rings is 1. The Hall–Kier alpha value is -0.820. The van der Waals surface area contributed by atoms with Gasteiger partial charge in [0, 0.05) is 6.04 Å². The molecule has 0 radical (unpaired) electrons. The highest BCUT2D eigenvalue weighted by atomic mass is 14.9. The molecule has 0 amide bonds. The average molecular weight is 245 g/mol. The summed E-state index contributed by atoms with van der Waals surface area (Å²) >= 11 is 0. The monoisotopic (exact) mass is 245 g/mol. The van der Waals surface area contributed by atoms with Gasteiger partial charge in [-0.05, 0) is 37.3 Å². The Morgan fingerprint density at radius 2 is 1.72 bits per heavy atom. The van der Waals surface area contributed by atoms with Gasteiger partial charge >= 0.3 is 0 Å². The number of rotatable bonds is 5. The van der Waals surface area contributed by atoms with Crippen LogP contribution in [0.15, 0.2) is 30.3 Å². The van der Waals surface area contributed by atoms with Gasteiger partial charge in [-0.3, -0.25) is 0 Å². The average Bonchev–Trinajstić information content (AvgIpc) is 2.68. The fraction of sp³-hybridized carbons (Fsp3) is 0.647. The maximum absolute atomic E-state index is 3.76. The van der Waals surface area contributed by atoms with Crippen molar-refractivity contribution in [1.29, 1.82) is 0 Å². The molecule has 0 bridgehead atoms. The molecular weight excluding hydrogens is 218 g/mol. The van der Waals surface area contributed by atoms with Crippen LogP contribution in [0.5, 0.6) is 0 Å². The van der Waals surface area contributed by atoms with Gasteiger partial charge in [0.15, 0.2) is 0 Å². The maximum atomic E-state index is 3.76.